The van der Waals surface area contributed by atoms with Gasteiger partial charge in [0.15, 0.2) is 0 Å². The monoisotopic (exact) mass is 312 g/mol. The molecule has 2 fully saturated rings. The molecule has 2 atom stereocenters. The first-order valence-corrected chi connectivity index (χ1v) is 9.77. The van der Waals surface area contributed by atoms with Gasteiger partial charge in [-0.15, -0.1) is 0 Å². The van der Waals surface area contributed by atoms with Crippen molar-refractivity contribution in [3.05, 3.63) is 0 Å². The van der Waals surface area contributed by atoms with Crippen LogP contribution in [0.25, 0.3) is 0 Å². The van der Waals surface area contributed by atoms with Crippen LogP contribution in [0.4, 0.5) is 0 Å². The highest BCUT2D eigenvalue weighted by Gasteiger charge is 2.31. The summed E-state index contributed by atoms with van der Waals surface area (Å²) in [7, 11) is 0. The Labute approximate surface area is 134 Å². The summed E-state index contributed by atoms with van der Waals surface area (Å²) in [5.41, 5.74) is -0.241. The van der Waals surface area contributed by atoms with E-state index in [2.05, 4.69) is 16.5 Å². The third-order valence-corrected chi connectivity index (χ3v) is 5.95. The molecule has 1 heterocycles. The second-order valence-corrected chi connectivity index (χ2v) is 8.84. The smallest absolute Gasteiger partial charge is 0.227 e. The lowest BCUT2D eigenvalue weighted by Gasteiger charge is -2.38. The number of carbonyl (C=O) groups is 1. The first-order chi connectivity index (χ1) is 9.90. The van der Waals surface area contributed by atoms with Crippen molar-refractivity contribution in [3.63, 3.8) is 0 Å². The number of rotatable bonds is 3. The number of thioether (sulfide) groups is 1. The highest BCUT2D eigenvalue weighted by Crippen LogP contribution is 2.28. The van der Waals surface area contributed by atoms with E-state index in [4.69, 9.17) is 0 Å². The van der Waals surface area contributed by atoms with Crippen molar-refractivity contribution in [2.45, 2.75) is 76.6 Å². The van der Waals surface area contributed by atoms with Crippen molar-refractivity contribution in [2.24, 2.45) is 5.41 Å². The Morgan fingerprint density at radius 1 is 1.10 bits per heavy atom. The predicted molar refractivity (Wildman–Crippen MR) is 91.8 cm³/mol. The first-order valence-electron chi connectivity index (χ1n) is 8.48. The zero-order valence-electron chi connectivity index (χ0n) is 14.2. The molecule has 3 nitrogen and oxygen atoms in total. The van der Waals surface area contributed by atoms with Gasteiger partial charge < -0.3 is 10.2 Å². The maximum absolute atomic E-state index is 12.3. The Hall–Kier alpha value is -0.220. The maximum Gasteiger partial charge on any atom is 0.227 e. The van der Waals surface area contributed by atoms with Crippen molar-refractivity contribution in [3.8, 4) is 0 Å². The summed E-state index contributed by atoms with van der Waals surface area (Å²) >= 11 is 2.03. The first kappa shape index (κ1) is 17.1. The van der Waals surface area contributed by atoms with Crippen LogP contribution in [0.3, 0.4) is 0 Å². The van der Waals surface area contributed by atoms with Gasteiger partial charge in [0, 0.05) is 35.8 Å². The molecular formula is C17H32N2OS. The third kappa shape index (κ3) is 4.88. The zero-order valence-corrected chi connectivity index (χ0v) is 15.0. The number of nitrogens with one attached hydrogen (secondary N) is 1. The molecular weight excluding hydrogens is 280 g/mol. The molecule has 2 rings (SSSR count). The molecule has 0 radical (unpaired) electrons. The van der Waals surface area contributed by atoms with Crippen molar-refractivity contribution in [1.82, 2.24) is 10.2 Å². The SMILES string of the molecule is CS[C@H]1CCC[C@@H](NC2CCN(C(=O)C(C)(C)C)CC2)C1. The highest BCUT2D eigenvalue weighted by atomic mass is 32.2. The van der Waals surface area contributed by atoms with Gasteiger partial charge >= 0.3 is 0 Å². The van der Waals surface area contributed by atoms with Gasteiger partial charge in [0.2, 0.25) is 5.91 Å². The molecule has 1 N–H and O–H groups in total. The van der Waals surface area contributed by atoms with Gasteiger partial charge in [-0.1, -0.05) is 27.2 Å². The molecule has 1 aliphatic carbocycles. The van der Waals surface area contributed by atoms with E-state index in [0.717, 1.165) is 31.2 Å². The fourth-order valence-electron chi connectivity index (χ4n) is 3.57. The van der Waals surface area contributed by atoms with Crippen LogP contribution < -0.4 is 5.32 Å². The molecule has 0 aromatic carbocycles. The third-order valence-electron chi connectivity index (χ3n) is 4.85. The van der Waals surface area contributed by atoms with Gasteiger partial charge in [-0.25, -0.2) is 0 Å². The average molecular weight is 313 g/mol. The molecule has 1 saturated heterocycles. The number of hydrogen-bond acceptors (Lipinski definition) is 3. The molecule has 4 heteroatoms. The summed E-state index contributed by atoms with van der Waals surface area (Å²) in [5.74, 6) is 0.307. The molecule has 1 amide bonds. The van der Waals surface area contributed by atoms with Crippen LogP contribution in [0.2, 0.25) is 0 Å². The minimum absolute atomic E-state index is 0.241. The number of hydrogen-bond donors (Lipinski definition) is 1. The molecule has 1 saturated carbocycles. The van der Waals surface area contributed by atoms with Crippen molar-refractivity contribution in [1.29, 1.82) is 0 Å². The summed E-state index contributed by atoms with van der Waals surface area (Å²) in [6.45, 7) is 7.90. The fourth-order valence-corrected chi connectivity index (χ4v) is 4.39. The largest absolute Gasteiger partial charge is 0.342 e. The zero-order chi connectivity index (χ0) is 15.5. The number of likely N-dealkylation sites (tertiary alicyclic amines) is 1. The molecule has 1 aliphatic heterocycles. The molecule has 0 aromatic rings. The topological polar surface area (TPSA) is 32.3 Å². The van der Waals surface area contributed by atoms with Crippen LogP contribution in [-0.2, 0) is 4.79 Å². The van der Waals surface area contributed by atoms with Gasteiger partial charge in [0.1, 0.15) is 0 Å². The Morgan fingerprint density at radius 3 is 2.33 bits per heavy atom. The summed E-state index contributed by atoms with van der Waals surface area (Å²) in [4.78, 5) is 14.4. The molecule has 0 aromatic heterocycles. The normalized spacial score (nSPS) is 28.7. The molecule has 0 bridgehead atoms. The summed E-state index contributed by atoms with van der Waals surface area (Å²) in [5, 5.41) is 4.72. The minimum Gasteiger partial charge on any atom is -0.342 e. The van der Waals surface area contributed by atoms with Crippen molar-refractivity contribution < 1.29 is 4.79 Å². The van der Waals surface area contributed by atoms with Gasteiger partial charge in [-0.3, -0.25) is 4.79 Å². The molecule has 2 aliphatic rings. The number of piperidine rings is 1. The quantitative estimate of drug-likeness (QED) is 0.868. The highest BCUT2D eigenvalue weighted by molar-refractivity contribution is 7.99. The van der Waals surface area contributed by atoms with Crippen LogP contribution in [0.15, 0.2) is 0 Å². The van der Waals surface area contributed by atoms with Crippen LogP contribution in [-0.4, -0.2) is 47.5 Å². The number of nitrogens with zero attached hydrogens (tertiary/aromatic N) is 1. The average Bonchev–Trinajstić information content (AvgIpc) is 2.46. The standard InChI is InChI=1S/C17H32N2OS/c1-17(2,3)16(20)19-10-8-13(9-11-19)18-14-6-5-7-15(12-14)21-4/h13-15,18H,5-12H2,1-4H3/t14-,15+/m1/s1. The maximum atomic E-state index is 12.3. The number of amides is 1. The van der Waals surface area contributed by atoms with Gasteiger partial charge in [-0.05, 0) is 38.4 Å². The van der Waals surface area contributed by atoms with Crippen LogP contribution in [0.5, 0.6) is 0 Å². The molecule has 21 heavy (non-hydrogen) atoms. The second-order valence-electron chi connectivity index (χ2n) is 7.70. The van der Waals surface area contributed by atoms with Crippen molar-refractivity contribution in [2.75, 3.05) is 19.3 Å². The van der Waals surface area contributed by atoms with Gasteiger partial charge in [0.05, 0.1) is 0 Å². The van der Waals surface area contributed by atoms with Crippen LogP contribution in [0, 0.1) is 5.41 Å². The van der Waals surface area contributed by atoms with E-state index in [0.29, 0.717) is 18.0 Å². The Balaban J connectivity index is 1.75. The summed E-state index contributed by atoms with van der Waals surface area (Å²) in [6.07, 6.45) is 9.87. The predicted octanol–water partition coefficient (Wildman–Crippen LogP) is 3.29. The second kappa shape index (κ2) is 7.36. The molecule has 0 spiro atoms. The lowest BCUT2D eigenvalue weighted by molar-refractivity contribution is -0.140. The van der Waals surface area contributed by atoms with Gasteiger partial charge in [0.25, 0.3) is 0 Å². The van der Waals surface area contributed by atoms with E-state index in [1.165, 1.54) is 25.7 Å². The Kier molecular flexibility index (Phi) is 6.01. The Bertz CT molecular complexity index is 345. The number of carbonyl (C=O) groups excluding carboxylic acids is 1. The lowest BCUT2D eigenvalue weighted by Crippen LogP contribution is -2.50. The Morgan fingerprint density at radius 2 is 1.76 bits per heavy atom. The van der Waals surface area contributed by atoms with Crippen LogP contribution in [0.1, 0.15) is 59.3 Å². The van der Waals surface area contributed by atoms with E-state index >= 15 is 0 Å². The van der Waals surface area contributed by atoms with E-state index in [9.17, 15) is 4.79 Å². The summed E-state index contributed by atoms with van der Waals surface area (Å²) < 4.78 is 0. The molecule has 0 unspecified atom stereocenters. The van der Waals surface area contributed by atoms with E-state index in [1.807, 2.05) is 32.5 Å². The lowest BCUT2D eigenvalue weighted by atomic mass is 9.91. The van der Waals surface area contributed by atoms with E-state index in [-0.39, 0.29) is 5.41 Å². The fraction of sp³-hybridized carbons (Fsp3) is 0.941. The van der Waals surface area contributed by atoms with Gasteiger partial charge in [-0.2, -0.15) is 11.8 Å². The van der Waals surface area contributed by atoms with Crippen LogP contribution >= 0.6 is 11.8 Å². The molecule has 122 valence electrons. The summed E-state index contributed by atoms with van der Waals surface area (Å²) in [6, 6.07) is 1.31. The van der Waals surface area contributed by atoms with E-state index < -0.39 is 0 Å². The minimum atomic E-state index is -0.241. The van der Waals surface area contributed by atoms with E-state index in [1.54, 1.807) is 0 Å². The van der Waals surface area contributed by atoms with Crippen molar-refractivity contribution >= 4 is 17.7 Å².